The molecule has 1 aliphatic heterocycles. The SMILES string of the molecule is CCCNC1CCN(C2CCCC2CO)C1=O. The Morgan fingerprint density at radius 3 is 2.94 bits per heavy atom. The molecule has 0 aromatic rings. The first-order valence-corrected chi connectivity index (χ1v) is 6.92. The number of hydrogen-bond acceptors (Lipinski definition) is 3. The van der Waals surface area contributed by atoms with Gasteiger partial charge in [-0.3, -0.25) is 4.79 Å². The zero-order chi connectivity index (χ0) is 12.3. The standard InChI is InChI=1S/C13H24N2O2/c1-2-7-14-11-6-8-15(13(11)17)12-5-3-4-10(12)9-16/h10-12,14,16H,2-9H2,1H3. The highest BCUT2D eigenvalue weighted by Gasteiger charge is 2.40. The minimum absolute atomic E-state index is 0.0230. The number of carbonyl (C=O) groups excluding carboxylic acids is 1. The van der Waals surface area contributed by atoms with E-state index in [1.807, 2.05) is 4.90 Å². The number of nitrogens with zero attached hydrogens (tertiary/aromatic N) is 1. The summed E-state index contributed by atoms with van der Waals surface area (Å²) in [5.41, 5.74) is 0. The molecule has 3 unspecified atom stereocenters. The normalized spacial score (nSPS) is 33.6. The van der Waals surface area contributed by atoms with Gasteiger partial charge in [0.2, 0.25) is 5.91 Å². The molecule has 1 saturated heterocycles. The summed E-state index contributed by atoms with van der Waals surface area (Å²) in [6.07, 6.45) is 5.27. The van der Waals surface area contributed by atoms with Crippen molar-refractivity contribution in [3.8, 4) is 0 Å². The molecule has 1 amide bonds. The number of likely N-dealkylation sites (tertiary alicyclic amines) is 1. The Hall–Kier alpha value is -0.610. The summed E-state index contributed by atoms with van der Waals surface area (Å²) >= 11 is 0. The minimum atomic E-state index is 0.0230. The third-order valence-electron chi connectivity index (χ3n) is 4.13. The number of nitrogens with one attached hydrogen (secondary N) is 1. The van der Waals surface area contributed by atoms with E-state index < -0.39 is 0 Å². The molecule has 2 N–H and O–H groups in total. The van der Waals surface area contributed by atoms with E-state index in [1.165, 1.54) is 0 Å². The van der Waals surface area contributed by atoms with Gasteiger partial charge in [-0.15, -0.1) is 0 Å². The lowest BCUT2D eigenvalue weighted by atomic mass is 10.0. The Morgan fingerprint density at radius 1 is 1.41 bits per heavy atom. The number of aliphatic hydroxyl groups is 1. The van der Waals surface area contributed by atoms with E-state index in [1.54, 1.807) is 0 Å². The number of carbonyl (C=O) groups is 1. The summed E-state index contributed by atoms with van der Waals surface area (Å²) < 4.78 is 0. The minimum Gasteiger partial charge on any atom is -0.396 e. The molecule has 2 rings (SSSR count). The van der Waals surface area contributed by atoms with Gasteiger partial charge in [0.1, 0.15) is 0 Å². The Morgan fingerprint density at radius 2 is 2.24 bits per heavy atom. The topological polar surface area (TPSA) is 52.6 Å². The molecule has 2 aliphatic rings. The van der Waals surface area contributed by atoms with Crippen LogP contribution in [0.5, 0.6) is 0 Å². The molecular formula is C13H24N2O2. The van der Waals surface area contributed by atoms with Crippen LogP contribution in [0.25, 0.3) is 0 Å². The fourth-order valence-electron chi connectivity index (χ4n) is 3.18. The van der Waals surface area contributed by atoms with E-state index in [9.17, 15) is 9.90 Å². The Kier molecular flexibility index (Phi) is 4.40. The average Bonchev–Trinajstić information content (AvgIpc) is 2.93. The first kappa shape index (κ1) is 12.8. The van der Waals surface area contributed by atoms with Gasteiger partial charge in [-0.05, 0) is 32.2 Å². The number of amides is 1. The van der Waals surface area contributed by atoms with E-state index in [-0.39, 0.29) is 18.6 Å². The van der Waals surface area contributed by atoms with Crippen molar-refractivity contribution in [2.75, 3.05) is 19.7 Å². The van der Waals surface area contributed by atoms with Gasteiger partial charge in [-0.1, -0.05) is 13.3 Å². The first-order valence-electron chi connectivity index (χ1n) is 6.92. The highest BCUT2D eigenvalue weighted by Crippen LogP contribution is 2.32. The zero-order valence-electron chi connectivity index (χ0n) is 10.7. The zero-order valence-corrected chi connectivity index (χ0v) is 10.7. The third kappa shape index (κ3) is 2.63. The van der Waals surface area contributed by atoms with Crippen LogP contribution < -0.4 is 5.32 Å². The summed E-state index contributed by atoms with van der Waals surface area (Å²) in [6.45, 7) is 4.12. The molecule has 1 aliphatic carbocycles. The van der Waals surface area contributed by atoms with E-state index in [4.69, 9.17) is 0 Å². The van der Waals surface area contributed by atoms with Gasteiger partial charge in [0.25, 0.3) is 0 Å². The Bertz CT molecular complexity index is 270. The van der Waals surface area contributed by atoms with Gasteiger partial charge in [0.05, 0.1) is 6.04 Å². The van der Waals surface area contributed by atoms with Gasteiger partial charge < -0.3 is 15.3 Å². The lowest BCUT2D eigenvalue weighted by molar-refractivity contribution is -0.132. The molecule has 1 heterocycles. The van der Waals surface area contributed by atoms with E-state index in [0.717, 1.165) is 45.2 Å². The second-order valence-electron chi connectivity index (χ2n) is 5.27. The lowest BCUT2D eigenvalue weighted by Gasteiger charge is -2.29. The molecule has 3 atom stereocenters. The molecule has 1 saturated carbocycles. The maximum Gasteiger partial charge on any atom is 0.240 e. The van der Waals surface area contributed by atoms with Crippen LogP contribution in [-0.2, 0) is 4.79 Å². The molecule has 17 heavy (non-hydrogen) atoms. The fraction of sp³-hybridized carbons (Fsp3) is 0.923. The van der Waals surface area contributed by atoms with Crippen LogP contribution in [-0.4, -0.2) is 47.7 Å². The summed E-state index contributed by atoms with van der Waals surface area (Å²) in [5.74, 6) is 0.563. The van der Waals surface area contributed by atoms with E-state index in [2.05, 4.69) is 12.2 Å². The predicted molar refractivity (Wildman–Crippen MR) is 66.6 cm³/mol. The maximum absolute atomic E-state index is 12.2. The number of hydrogen-bond donors (Lipinski definition) is 2. The fourth-order valence-corrected chi connectivity index (χ4v) is 3.18. The summed E-state index contributed by atoms with van der Waals surface area (Å²) in [4.78, 5) is 14.3. The van der Waals surface area contributed by atoms with Crippen LogP contribution in [0.15, 0.2) is 0 Å². The van der Waals surface area contributed by atoms with Crippen LogP contribution >= 0.6 is 0 Å². The van der Waals surface area contributed by atoms with Gasteiger partial charge in [0, 0.05) is 25.1 Å². The maximum atomic E-state index is 12.2. The van der Waals surface area contributed by atoms with Crippen LogP contribution in [0.1, 0.15) is 39.0 Å². The third-order valence-corrected chi connectivity index (χ3v) is 4.13. The van der Waals surface area contributed by atoms with Crippen LogP contribution in [0, 0.1) is 5.92 Å². The van der Waals surface area contributed by atoms with E-state index in [0.29, 0.717) is 12.0 Å². The summed E-state index contributed by atoms with van der Waals surface area (Å²) in [6, 6.07) is 0.316. The van der Waals surface area contributed by atoms with Crippen molar-refractivity contribution >= 4 is 5.91 Å². The smallest absolute Gasteiger partial charge is 0.240 e. The van der Waals surface area contributed by atoms with Crippen LogP contribution in [0.3, 0.4) is 0 Å². The van der Waals surface area contributed by atoms with Crippen molar-refractivity contribution in [2.24, 2.45) is 5.92 Å². The molecule has 4 nitrogen and oxygen atoms in total. The second-order valence-corrected chi connectivity index (χ2v) is 5.27. The first-order chi connectivity index (χ1) is 8.27. The van der Waals surface area contributed by atoms with Crippen LogP contribution in [0.4, 0.5) is 0 Å². The van der Waals surface area contributed by atoms with Gasteiger partial charge in [0.15, 0.2) is 0 Å². The van der Waals surface area contributed by atoms with Crippen molar-refractivity contribution in [3.63, 3.8) is 0 Å². The lowest BCUT2D eigenvalue weighted by Crippen LogP contribution is -2.44. The van der Waals surface area contributed by atoms with Crippen molar-refractivity contribution < 1.29 is 9.90 Å². The van der Waals surface area contributed by atoms with Crippen molar-refractivity contribution in [1.82, 2.24) is 10.2 Å². The molecule has 4 heteroatoms. The van der Waals surface area contributed by atoms with Gasteiger partial charge in [-0.25, -0.2) is 0 Å². The second kappa shape index (κ2) is 5.83. The monoisotopic (exact) mass is 240 g/mol. The van der Waals surface area contributed by atoms with Gasteiger partial charge in [-0.2, -0.15) is 0 Å². The molecule has 0 aromatic carbocycles. The average molecular weight is 240 g/mol. The Balaban J connectivity index is 1.92. The van der Waals surface area contributed by atoms with Crippen molar-refractivity contribution in [1.29, 1.82) is 0 Å². The molecule has 0 bridgehead atoms. The summed E-state index contributed by atoms with van der Waals surface area (Å²) in [5, 5.41) is 12.7. The van der Waals surface area contributed by atoms with E-state index >= 15 is 0 Å². The molecule has 0 spiro atoms. The van der Waals surface area contributed by atoms with Crippen LogP contribution in [0.2, 0.25) is 0 Å². The van der Waals surface area contributed by atoms with Crippen molar-refractivity contribution in [3.05, 3.63) is 0 Å². The summed E-state index contributed by atoms with van der Waals surface area (Å²) in [7, 11) is 0. The molecule has 2 fully saturated rings. The Labute approximate surface area is 103 Å². The largest absolute Gasteiger partial charge is 0.396 e. The van der Waals surface area contributed by atoms with Gasteiger partial charge >= 0.3 is 0 Å². The molecule has 0 aromatic heterocycles. The highest BCUT2D eigenvalue weighted by molar-refractivity contribution is 5.84. The molecule has 0 radical (unpaired) electrons. The number of rotatable bonds is 5. The molecule has 98 valence electrons. The van der Waals surface area contributed by atoms with Crippen molar-refractivity contribution in [2.45, 2.75) is 51.1 Å². The quantitative estimate of drug-likeness (QED) is 0.745. The molecular weight excluding hydrogens is 216 g/mol. The predicted octanol–water partition coefficient (Wildman–Crippen LogP) is 0.748. The highest BCUT2D eigenvalue weighted by atomic mass is 16.3. The number of aliphatic hydroxyl groups excluding tert-OH is 1.